The van der Waals surface area contributed by atoms with Gasteiger partial charge in [-0.1, -0.05) is 0 Å². The van der Waals surface area contributed by atoms with Gasteiger partial charge in [0, 0.05) is 31.2 Å². The van der Waals surface area contributed by atoms with E-state index in [2.05, 4.69) is 35.4 Å². The van der Waals surface area contributed by atoms with Gasteiger partial charge in [-0.2, -0.15) is 10.1 Å². The molecule has 2 aliphatic heterocycles. The maximum atomic E-state index is 12.8. The second-order valence-electron chi connectivity index (χ2n) is 8.85. The van der Waals surface area contributed by atoms with E-state index in [0.29, 0.717) is 40.9 Å². The summed E-state index contributed by atoms with van der Waals surface area (Å²) in [6.07, 6.45) is 5.75. The largest absolute Gasteiger partial charge is 0.450 e. The van der Waals surface area contributed by atoms with Gasteiger partial charge in [0.25, 0.3) is 0 Å². The van der Waals surface area contributed by atoms with Crippen molar-refractivity contribution in [3.05, 3.63) is 52.6 Å². The Balaban J connectivity index is 1.23. The van der Waals surface area contributed by atoms with E-state index in [4.69, 9.17) is 16.2 Å². The third-order valence-electron chi connectivity index (χ3n) is 6.36. The summed E-state index contributed by atoms with van der Waals surface area (Å²) in [6.45, 7) is 3.28. The number of Topliss-reactive ketones (excluding diaryl/α,β-unsaturated/α-hetero) is 1. The SMILES string of the molecule is NC(N)=NCCCN1CCC(n2cc3c(nc2=O)Nc2cc(C(=O)Cc4ncn[nH]4)ccc2O3)CC1. The molecule has 13 heteroatoms. The Bertz CT molecular complexity index is 1320. The van der Waals surface area contributed by atoms with Crippen LogP contribution in [0.25, 0.3) is 0 Å². The topological polar surface area (TPSA) is 182 Å². The Morgan fingerprint density at radius 1 is 1.22 bits per heavy atom. The number of piperidine rings is 1. The monoisotopic (exact) mass is 492 g/mol. The molecule has 0 bridgehead atoms. The maximum Gasteiger partial charge on any atom is 0.350 e. The van der Waals surface area contributed by atoms with Crippen LogP contribution in [0.2, 0.25) is 0 Å². The van der Waals surface area contributed by atoms with Gasteiger partial charge in [0.15, 0.2) is 29.1 Å². The lowest BCUT2D eigenvalue weighted by Crippen LogP contribution is -2.38. The summed E-state index contributed by atoms with van der Waals surface area (Å²) in [5.41, 5.74) is 11.5. The zero-order chi connectivity index (χ0) is 25.1. The molecule has 0 saturated carbocycles. The van der Waals surface area contributed by atoms with Crippen LogP contribution < -0.4 is 27.2 Å². The average Bonchev–Trinajstić information content (AvgIpc) is 3.38. The van der Waals surface area contributed by atoms with Gasteiger partial charge >= 0.3 is 5.69 Å². The molecule has 188 valence electrons. The Morgan fingerprint density at radius 2 is 2.06 bits per heavy atom. The molecule has 3 aromatic rings. The normalized spacial score (nSPS) is 15.3. The first-order valence-electron chi connectivity index (χ1n) is 11.8. The number of hydrogen-bond donors (Lipinski definition) is 4. The first kappa shape index (κ1) is 23.5. The van der Waals surface area contributed by atoms with Crippen LogP contribution in [0.1, 0.15) is 41.5 Å². The van der Waals surface area contributed by atoms with E-state index in [1.165, 1.54) is 6.33 Å². The van der Waals surface area contributed by atoms with Crippen molar-refractivity contribution in [2.45, 2.75) is 31.7 Å². The zero-order valence-electron chi connectivity index (χ0n) is 19.7. The number of benzene rings is 1. The molecule has 0 radical (unpaired) electrons. The van der Waals surface area contributed by atoms with Crippen LogP contribution in [0.15, 0.2) is 40.5 Å². The van der Waals surface area contributed by atoms with E-state index in [0.717, 1.165) is 38.9 Å². The lowest BCUT2D eigenvalue weighted by molar-refractivity contribution is 0.0991. The molecule has 36 heavy (non-hydrogen) atoms. The minimum atomic E-state index is -0.336. The molecule has 0 aliphatic carbocycles. The van der Waals surface area contributed by atoms with Crippen molar-refractivity contribution < 1.29 is 9.53 Å². The number of nitrogens with two attached hydrogens (primary N) is 2. The first-order chi connectivity index (χ1) is 17.5. The van der Waals surface area contributed by atoms with Gasteiger partial charge < -0.3 is 26.4 Å². The highest BCUT2D eigenvalue weighted by Gasteiger charge is 2.26. The number of rotatable bonds is 8. The number of ketones is 1. The second-order valence-corrected chi connectivity index (χ2v) is 8.85. The Morgan fingerprint density at radius 3 is 2.81 bits per heavy atom. The molecule has 6 N–H and O–H groups in total. The number of carbonyl (C=O) groups is 1. The minimum absolute atomic E-state index is 0.0466. The number of ether oxygens (including phenoxy) is 1. The van der Waals surface area contributed by atoms with Crippen molar-refractivity contribution in [1.82, 2.24) is 29.6 Å². The van der Waals surface area contributed by atoms with Gasteiger partial charge in [0.2, 0.25) is 0 Å². The summed E-state index contributed by atoms with van der Waals surface area (Å²) in [5.74, 6) is 1.85. The summed E-state index contributed by atoms with van der Waals surface area (Å²) in [4.78, 5) is 40.0. The van der Waals surface area contributed by atoms with Crippen molar-refractivity contribution >= 4 is 23.2 Å². The number of likely N-dealkylation sites (tertiary alicyclic amines) is 1. The summed E-state index contributed by atoms with van der Waals surface area (Å²) in [7, 11) is 0. The van der Waals surface area contributed by atoms with Crippen LogP contribution >= 0.6 is 0 Å². The molecule has 1 aromatic carbocycles. The van der Waals surface area contributed by atoms with Crippen molar-refractivity contribution in [2.24, 2.45) is 16.5 Å². The van der Waals surface area contributed by atoms with Gasteiger partial charge in [-0.25, -0.2) is 9.78 Å². The Labute approximate surface area is 206 Å². The molecule has 4 heterocycles. The molecule has 0 spiro atoms. The number of aromatic amines is 1. The van der Waals surface area contributed by atoms with Crippen molar-refractivity contribution in [2.75, 3.05) is 31.5 Å². The predicted octanol–water partition coefficient (Wildman–Crippen LogP) is 0.936. The second kappa shape index (κ2) is 10.2. The Kier molecular flexibility index (Phi) is 6.62. The van der Waals surface area contributed by atoms with E-state index in [1.807, 2.05) is 0 Å². The number of H-pyrrole nitrogens is 1. The fraction of sp³-hybridized carbons (Fsp3) is 0.391. The summed E-state index contributed by atoms with van der Waals surface area (Å²) < 4.78 is 7.71. The number of fused-ring (bicyclic) bond motifs is 2. The van der Waals surface area contributed by atoms with Gasteiger partial charge in [-0.3, -0.25) is 19.5 Å². The van der Waals surface area contributed by atoms with Gasteiger partial charge in [0.1, 0.15) is 12.2 Å². The molecule has 2 aromatic heterocycles. The quantitative estimate of drug-likeness (QED) is 0.119. The van der Waals surface area contributed by atoms with Crippen LogP contribution in [-0.2, 0) is 6.42 Å². The van der Waals surface area contributed by atoms with Crippen LogP contribution in [0.5, 0.6) is 11.5 Å². The van der Waals surface area contributed by atoms with Gasteiger partial charge in [0.05, 0.1) is 18.3 Å². The lowest BCUT2D eigenvalue weighted by atomic mass is 10.0. The fourth-order valence-corrected chi connectivity index (χ4v) is 4.51. The van der Waals surface area contributed by atoms with E-state index >= 15 is 0 Å². The summed E-state index contributed by atoms with van der Waals surface area (Å²) >= 11 is 0. The molecule has 0 amide bonds. The first-order valence-corrected chi connectivity index (χ1v) is 11.8. The average molecular weight is 493 g/mol. The molecular weight excluding hydrogens is 464 g/mol. The van der Waals surface area contributed by atoms with Crippen LogP contribution in [0, 0.1) is 0 Å². The van der Waals surface area contributed by atoms with Crippen LogP contribution in [-0.4, -0.2) is 67.6 Å². The third-order valence-corrected chi connectivity index (χ3v) is 6.36. The van der Waals surface area contributed by atoms with Crippen LogP contribution in [0.3, 0.4) is 0 Å². The number of nitrogens with zero attached hydrogens (tertiary/aromatic N) is 6. The molecule has 2 aliphatic rings. The van der Waals surface area contributed by atoms with Crippen molar-refractivity contribution in [1.29, 1.82) is 0 Å². The summed E-state index contributed by atoms with van der Waals surface area (Å²) in [6, 6.07) is 5.17. The van der Waals surface area contributed by atoms with E-state index in [1.54, 1.807) is 29.0 Å². The number of aromatic nitrogens is 5. The molecule has 1 saturated heterocycles. The maximum absolute atomic E-state index is 12.8. The minimum Gasteiger partial charge on any atom is -0.450 e. The van der Waals surface area contributed by atoms with Crippen LogP contribution in [0.4, 0.5) is 11.5 Å². The number of nitrogens with one attached hydrogen (secondary N) is 2. The molecule has 0 atom stereocenters. The van der Waals surface area contributed by atoms with Crippen molar-refractivity contribution in [3.8, 4) is 11.5 Å². The molecule has 0 unspecified atom stereocenters. The molecule has 13 nitrogen and oxygen atoms in total. The van der Waals surface area contributed by atoms with E-state index in [-0.39, 0.29) is 29.9 Å². The van der Waals surface area contributed by atoms with E-state index < -0.39 is 0 Å². The highest BCUT2D eigenvalue weighted by Crippen LogP contribution is 2.41. The number of carbonyl (C=O) groups excluding carboxylic acids is 1. The number of anilines is 2. The van der Waals surface area contributed by atoms with E-state index in [9.17, 15) is 9.59 Å². The molecule has 1 fully saturated rings. The molecular formula is C23H28N10O3. The highest BCUT2D eigenvalue weighted by molar-refractivity contribution is 5.98. The molecule has 5 rings (SSSR count). The Hall–Kier alpha value is -4.26. The zero-order valence-corrected chi connectivity index (χ0v) is 19.7. The number of guanidine groups is 1. The fourth-order valence-electron chi connectivity index (χ4n) is 4.51. The number of aliphatic imine (C=N–C) groups is 1. The number of hydrogen-bond acceptors (Lipinski definition) is 9. The highest BCUT2D eigenvalue weighted by atomic mass is 16.5. The lowest BCUT2D eigenvalue weighted by Gasteiger charge is -2.33. The standard InChI is InChI=1S/C23H28N10O3/c24-22(25)26-6-1-7-32-8-4-15(5-9-32)33-12-19-21(30-23(33)35)29-16-10-14(2-3-18(16)36-19)17(34)11-20-27-13-28-31-20/h2-3,10,12-13,15H,1,4-9,11H2,(H4,24,25,26)(H,27,28,31)(H,29,30,35). The van der Waals surface area contributed by atoms with Gasteiger partial charge in [-0.05, 0) is 44.0 Å². The van der Waals surface area contributed by atoms with Crippen molar-refractivity contribution in [3.63, 3.8) is 0 Å². The third kappa shape index (κ3) is 5.20. The van der Waals surface area contributed by atoms with Gasteiger partial charge in [-0.15, -0.1) is 0 Å². The smallest absolute Gasteiger partial charge is 0.350 e. The summed E-state index contributed by atoms with van der Waals surface area (Å²) in [5, 5.41) is 9.58. The predicted molar refractivity (Wildman–Crippen MR) is 133 cm³/mol.